The van der Waals surface area contributed by atoms with Gasteiger partial charge in [0.2, 0.25) is 0 Å². The summed E-state index contributed by atoms with van der Waals surface area (Å²) in [6.45, 7) is 0.574. The maximum absolute atomic E-state index is 14.5. The lowest BCUT2D eigenvalue weighted by molar-refractivity contribution is 0.101. The third-order valence-corrected chi connectivity index (χ3v) is 6.86. The molecule has 35 heavy (non-hydrogen) atoms. The van der Waals surface area contributed by atoms with Crippen molar-refractivity contribution in [3.8, 4) is 5.75 Å². The smallest absolute Gasteiger partial charge is 0.274 e. The number of thiazole rings is 1. The van der Waals surface area contributed by atoms with Crippen molar-refractivity contribution in [1.82, 2.24) is 19.5 Å². The van der Waals surface area contributed by atoms with Crippen molar-refractivity contribution in [3.63, 3.8) is 0 Å². The summed E-state index contributed by atoms with van der Waals surface area (Å²) in [5, 5.41) is 5.26. The molecule has 4 heterocycles. The first-order chi connectivity index (χ1) is 17.1. The Kier molecular flexibility index (Phi) is 7.13. The lowest BCUT2D eigenvalue weighted by Gasteiger charge is -2.13. The Morgan fingerprint density at radius 1 is 1.20 bits per heavy atom. The number of aromatic nitrogens is 4. The monoisotopic (exact) mass is 491 g/mol. The molecular formula is C26H26FN5O2S. The van der Waals surface area contributed by atoms with Crippen LogP contribution in [0.4, 0.5) is 9.52 Å². The van der Waals surface area contributed by atoms with Crippen LogP contribution in [-0.4, -0.2) is 31.5 Å². The molecule has 0 atom stereocenters. The minimum atomic E-state index is -0.362. The molecule has 1 saturated carbocycles. The molecule has 9 heteroatoms. The number of rotatable bonds is 9. The first kappa shape index (κ1) is 23.2. The third-order valence-electron chi connectivity index (χ3n) is 6.05. The summed E-state index contributed by atoms with van der Waals surface area (Å²) in [7, 11) is 0. The molecule has 0 unspecified atom stereocenters. The number of aryl methyl sites for hydroxylation is 2. The van der Waals surface area contributed by atoms with Gasteiger partial charge >= 0.3 is 0 Å². The molecule has 1 amide bonds. The minimum absolute atomic E-state index is 0.171. The molecule has 0 spiro atoms. The number of nitrogens with zero attached hydrogens (tertiary/aromatic N) is 4. The van der Waals surface area contributed by atoms with Crippen LogP contribution in [0.15, 0.2) is 60.5 Å². The van der Waals surface area contributed by atoms with E-state index in [1.165, 1.54) is 17.4 Å². The Balaban J connectivity index is 1.16. The summed E-state index contributed by atoms with van der Waals surface area (Å²) in [5.41, 5.74) is 2.77. The van der Waals surface area contributed by atoms with E-state index in [0.717, 1.165) is 36.9 Å². The van der Waals surface area contributed by atoms with E-state index in [0.29, 0.717) is 41.7 Å². The molecule has 0 saturated heterocycles. The van der Waals surface area contributed by atoms with Gasteiger partial charge in [-0.05, 0) is 68.4 Å². The van der Waals surface area contributed by atoms with E-state index < -0.39 is 0 Å². The molecule has 5 rings (SSSR count). The van der Waals surface area contributed by atoms with Gasteiger partial charge in [-0.2, -0.15) is 0 Å². The summed E-state index contributed by atoms with van der Waals surface area (Å²) < 4.78 is 22.2. The van der Waals surface area contributed by atoms with E-state index in [1.54, 1.807) is 24.7 Å². The lowest BCUT2D eigenvalue weighted by Crippen LogP contribution is -2.17. The lowest BCUT2D eigenvalue weighted by atomic mass is 10.2. The van der Waals surface area contributed by atoms with Gasteiger partial charge in [0.25, 0.3) is 5.91 Å². The van der Waals surface area contributed by atoms with Crippen molar-refractivity contribution < 1.29 is 13.9 Å². The minimum Gasteiger partial charge on any atom is -0.489 e. The number of halogens is 1. The highest BCUT2D eigenvalue weighted by Crippen LogP contribution is 2.25. The molecule has 1 fully saturated rings. The Bertz CT molecular complexity index is 1280. The second-order valence-electron chi connectivity index (χ2n) is 8.60. The van der Waals surface area contributed by atoms with Gasteiger partial charge in [-0.3, -0.25) is 20.1 Å². The fraction of sp³-hybridized carbons (Fsp3) is 0.308. The normalized spacial score (nSPS) is 13.7. The van der Waals surface area contributed by atoms with Crippen LogP contribution in [0.25, 0.3) is 0 Å². The van der Waals surface area contributed by atoms with Crippen LogP contribution in [0.1, 0.15) is 53.1 Å². The number of carbonyl (C=O) groups excluding carboxylic acids is 1. The molecule has 7 nitrogen and oxygen atoms in total. The van der Waals surface area contributed by atoms with Gasteiger partial charge in [0.05, 0.1) is 23.7 Å². The number of amides is 1. The maximum atomic E-state index is 14.5. The van der Waals surface area contributed by atoms with E-state index >= 15 is 0 Å². The van der Waals surface area contributed by atoms with Gasteiger partial charge in [0.15, 0.2) is 5.13 Å². The van der Waals surface area contributed by atoms with Crippen molar-refractivity contribution in [2.45, 2.75) is 51.2 Å². The highest BCUT2D eigenvalue weighted by Gasteiger charge is 2.18. The van der Waals surface area contributed by atoms with E-state index in [2.05, 4.69) is 20.3 Å². The molecule has 1 aliphatic rings. The number of carbonyl (C=O) groups is 1. The fourth-order valence-electron chi connectivity index (χ4n) is 4.23. The summed E-state index contributed by atoms with van der Waals surface area (Å²) in [5.74, 6) is -0.0970. The van der Waals surface area contributed by atoms with E-state index in [9.17, 15) is 9.18 Å². The third kappa shape index (κ3) is 5.92. The second-order valence-corrected chi connectivity index (χ2v) is 9.46. The molecule has 4 aromatic heterocycles. The van der Waals surface area contributed by atoms with Gasteiger partial charge in [0, 0.05) is 36.6 Å². The van der Waals surface area contributed by atoms with Crippen molar-refractivity contribution in [2.75, 3.05) is 5.32 Å². The second kappa shape index (κ2) is 10.8. The van der Waals surface area contributed by atoms with Crippen LogP contribution in [-0.2, 0) is 19.4 Å². The predicted molar refractivity (Wildman–Crippen MR) is 132 cm³/mol. The highest BCUT2D eigenvalue weighted by atomic mass is 32.1. The zero-order chi connectivity index (χ0) is 24.0. The molecule has 0 radical (unpaired) electrons. The molecule has 0 aliphatic heterocycles. The topological polar surface area (TPSA) is 81.9 Å². The summed E-state index contributed by atoms with van der Waals surface area (Å²) >= 11 is 1.35. The number of ether oxygens (including phenoxy) is 1. The first-order valence-corrected chi connectivity index (χ1v) is 12.6. The molecule has 1 N–H and O–H groups in total. The molecule has 0 bridgehead atoms. The van der Waals surface area contributed by atoms with Crippen molar-refractivity contribution in [1.29, 1.82) is 0 Å². The fourth-order valence-corrected chi connectivity index (χ4v) is 4.97. The van der Waals surface area contributed by atoms with Gasteiger partial charge in [-0.15, -0.1) is 11.3 Å². The number of pyridine rings is 2. The maximum Gasteiger partial charge on any atom is 0.274 e. The van der Waals surface area contributed by atoms with E-state index in [-0.39, 0.29) is 17.8 Å². The zero-order valence-corrected chi connectivity index (χ0v) is 20.0. The Morgan fingerprint density at radius 3 is 2.83 bits per heavy atom. The van der Waals surface area contributed by atoms with Crippen molar-refractivity contribution in [3.05, 3.63) is 89.0 Å². The first-order valence-electron chi connectivity index (χ1n) is 11.7. The van der Waals surface area contributed by atoms with Gasteiger partial charge in [-0.25, -0.2) is 9.37 Å². The standard InChI is InChI=1S/C26H26FN5O2S/c27-22-14-21(34-20-4-1-2-5-20)15-29-23(22)8-7-19-17-35-26(30-19)31-25(33)24-6-3-13-32(24)16-18-9-11-28-12-10-18/h3,6,9-15,17,20H,1-2,4-5,7-8,16H2,(H,30,31,33). The molecule has 1 aliphatic carbocycles. The Labute approximate surface area is 207 Å². The molecule has 180 valence electrons. The largest absolute Gasteiger partial charge is 0.489 e. The molecule has 0 aromatic carbocycles. The average Bonchev–Trinajstić information content (AvgIpc) is 3.62. The van der Waals surface area contributed by atoms with Gasteiger partial charge in [-0.1, -0.05) is 0 Å². The number of hydrogen-bond donors (Lipinski definition) is 1. The van der Waals surface area contributed by atoms with Crippen LogP contribution in [0.3, 0.4) is 0 Å². The Hall–Kier alpha value is -3.59. The van der Waals surface area contributed by atoms with Crippen LogP contribution >= 0.6 is 11.3 Å². The number of anilines is 1. The number of nitrogens with one attached hydrogen (secondary N) is 1. The van der Waals surface area contributed by atoms with Crippen molar-refractivity contribution >= 4 is 22.4 Å². The SMILES string of the molecule is O=C(Nc1nc(CCc2ncc(OC3CCCC3)cc2F)cs1)c1cccn1Cc1ccncc1. The van der Waals surface area contributed by atoms with Crippen LogP contribution in [0, 0.1) is 5.82 Å². The van der Waals surface area contributed by atoms with Crippen molar-refractivity contribution in [2.24, 2.45) is 0 Å². The van der Waals surface area contributed by atoms with Crippen LogP contribution in [0.2, 0.25) is 0 Å². The summed E-state index contributed by atoms with van der Waals surface area (Å²) in [6, 6.07) is 8.88. The van der Waals surface area contributed by atoms with Gasteiger partial charge < -0.3 is 9.30 Å². The van der Waals surface area contributed by atoms with Crippen LogP contribution < -0.4 is 10.1 Å². The zero-order valence-electron chi connectivity index (χ0n) is 19.2. The molecular weight excluding hydrogens is 465 g/mol. The molecule has 4 aromatic rings. The quantitative estimate of drug-likeness (QED) is 0.344. The summed E-state index contributed by atoms with van der Waals surface area (Å²) in [6.07, 6.45) is 12.4. The van der Waals surface area contributed by atoms with Crippen LogP contribution in [0.5, 0.6) is 5.75 Å². The average molecular weight is 492 g/mol. The van der Waals surface area contributed by atoms with E-state index in [1.807, 2.05) is 34.3 Å². The number of hydrogen-bond acceptors (Lipinski definition) is 6. The highest BCUT2D eigenvalue weighted by molar-refractivity contribution is 7.14. The predicted octanol–water partition coefficient (Wildman–Crippen LogP) is 5.28. The summed E-state index contributed by atoms with van der Waals surface area (Å²) in [4.78, 5) is 25.6. The Morgan fingerprint density at radius 2 is 2.03 bits per heavy atom. The van der Waals surface area contributed by atoms with Gasteiger partial charge in [0.1, 0.15) is 17.3 Å². The van der Waals surface area contributed by atoms with E-state index in [4.69, 9.17) is 4.74 Å².